The minimum atomic E-state index is 0.562. The molecule has 0 saturated heterocycles. The Morgan fingerprint density at radius 2 is 2.24 bits per heavy atom. The van der Waals surface area contributed by atoms with E-state index in [1.807, 2.05) is 41.2 Å². The van der Waals surface area contributed by atoms with Gasteiger partial charge in [-0.25, -0.2) is 4.68 Å². The molecule has 0 fully saturated rings. The molecule has 4 nitrogen and oxygen atoms in total. The molecule has 0 radical (unpaired) electrons. The quantitative estimate of drug-likeness (QED) is 0.521. The van der Waals surface area contributed by atoms with Gasteiger partial charge in [0, 0.05) is 10.3 Å². The van der Waals surface area contributed by atoms with Gasteiger partial charge in [-0.3, -0.25) is 4.99 Å². The van der Waals surface area contributed by atoms with Gasteiger partial charge in [0.15, 0.2) is 5.76 Å². The van der Waals surface area contributed by atoms with Crippen LogP contribution in [0.1, 0.15) is 4.88 Å². The van der Waals surface area contributed by atoms with Crippen molar-refractivity contribution in [3.8, 4) is 11.5 Å². The Bertz CT molecular complexity index is 792. The summed E-state index contributed by atoms with van der Waals surface area (Å²) >= 11 is 3.17. The smallest absolute Gasteiger partial charge is 0.206 e. The van der Waals surface area contributed by atoms with E-state index in [-0.39, 0.29) is 0 Å². The lowest BCUT2D eigenvalue weighted by Gasteiger charge is -1.99. The number of nitrogens with zero attached hydrogens (tertiary/aromatic N) is 3. The predicted octanol–water partition coefficient (Wildman–Crippen LogP) is 3.84. The van der Waals surface area contributed by atoms with Crippen molar-refractivity contribution in [3.05, 3.63) is 63.6 Å². The van der Waals surface area contributed by atoms with Crippen LogP contribution in [0.5, 0.6) is 0 Å². The zero-order valence-corrected chi connectivity index (χ0v) is 12.8. The van der Waals surface area contributed by atoms with Crippen molar-refractivity contribution in [2.24, 2.45) is 10.1 Å². The van der Waals surface area contributed by atoms with Crippen LogP contribution >= 0.6 is 22.7 Å². The van der Waals surface area contributed by atoms with Crippen molar-refractivity contribution in [2.45, 2.75) is 0 Å². The average Bonchev–Trinajstić information content (AvgIpc) is 3.22. The van der Waals surface area contributed by atoms with Crippen molar-refractivity contribution < 1.29 is 4.42 Å². The fourth-order valence-corrected chi connectivity index (χ4v) is 3.14. The summed E-state index contributed by atoms with van der Waals surface area (Å²) < 4.78 is 7.27. The van der Waals surface area contributed by atoms with Crippen LogP contribution in [-0.2, 0) is 0 Å². The highest BCUT2D eigenvalue weighted by Gasteiger charge is 2.09. The van der Waals surface area contributed by atoms with E-state index in [1.54, 1.807) is 28.4 Å². The maximum atomic E-state index is 5.47. The van der Waals surface area contributed by atoms with Gasteiger partial charge in [0.2, 0.25) is 4.80 Å². The standard InChI is InChI=1S/C15H13N3OS2/c1-2-7-16-15-18(17-10-12-5-4-9-20-12)13(11-21-15)14-6-3-8-19-14/h2-6,8-11H,1,7H2/b16-15?,17-10-. The molecule has 0 atom stereocenters. The van der Waals surface area contributed by atoms with Crippen LogP contribution in [-0.4, -0.2) is 17.4 Å². The number of hydrogen-bond donors (Lipinski definition) is 0. The first-order valence-corrected chi connectivity index (χ1v) is 8.08. The van der Waals surface area contributed by atoms with Crippen LogP contribution in [0.3, 0.4) is 0 Å². The Labute approximate surface area is 130 Å². The number of hydrogen-bond acceptors (Lipinski definition) is 5. The molecule has 3 rings (SSSR count). The molecule has 0 N–H and O–H groups in total. The fourth-order valence-electron chi connectivity index (χ4n) is 1.74. The lowest BCUT2D eigenvalue weighted by molar-refractivity contribution is 0.575. The summed E-state index contributed by atoms with van der Waals surface area (Å²) in [5, 5.41) is 8.56. The lowest BCUT2D eigenvalue weighted by atomic mass is 10.4. The van der Waals surface area contributed by atoms with E-state index >= 15 is 0 Å². The maximum absolute atomic E-state index is 5.47. The van der Waals surface area contributed by atoms with Gasteiger partial charge >= 0.3 is 0 Å². The lowest BCUT2D eigenvalue weighted by Crippen LogP contribution is -2.12. The molecule has 0 amide bonds. The van der Waals surface area contributed by atoms with Crippen molar-refractivity contribution in [1.29, 1.82) is 0 Å². The van der Waals surface area contributed by atoms with Gasteiger partial charge in [-0.05, 0) is 23.6 Å². The molecule has 0 saturated carbocycles. The summed E-state index contributed by atoms with van der Waals surface area (Å²) in [7, 11) is 0. The molecule has 3 aromatic heterocycles. The summed E-state index contributed by atoms with van der Waals surface area (Å²) in [4.78, 5) is 6.37. The Kier molecular flexibility index (Phi) is 4.28. The first-order chi connectivity index (χ1) is 10.4. The Morgan fingerprint density at radius 1 is 1.29 bits per heavy atom. The van der Waals surface area contributed by atoms with Crippen molar-refractivity contribution in [3.63, 3.8) is 0 Å². The molecule has 0 unspecified atom stereocenters. The second kappa shape index (κ2) is 6.51. The Hall–Kier alpha value is -2.18. The fraction of sp³-hybridized carbons (Fsp3) is 0.0667. The largest absolute Gasteiger partial charge is 0.463 e. The summed E-state index contributed by atoms with van der Waals surface area (Å²) in [5.41, 5.74) is 0.889. The van der Waals surface area contributed by atoms with E-state index < -0.39 is 0 Å². The Morgan fingerprint density at radius 3 is 2.95 bits per heavy atom. The second-order valence-electron chi connectivity index (χ2n) is 4.08. The first kappa shape index (κ1) is 13.8. The molecule has 3 heterocycles. The molecule has 0 spiro atoms. The van der Waals surface area contributed by atoms with Crippen LogP contribution in [0, 0.1) is 0 Å². The highest BCUT2D eigenvalue weighted by Crippen LogP contribution is 2.20. The highest BCUT2D eigenvalue weighted by atomic mass is 32.1. The Balaban J connectivity index is 2.06. The van der Waals surface area contributed by atoms with Crippen LogP contribution in [0.2, 0.25) is 0 Å². The molecular weight excluding hydrogens is 302 g/mol. The van der Waals surface area contributed by atoms with Gasteiger partial charge < -0.3 is 4.42 Å². The van der Waals surface area contributed by atoms with Crippen molar-refractivity contribution >= 4 is 28.9 Å². The van der Waals surface area contributed by atoms with Gasteiger partial charge in [0.25, 0.3) is 0 Å². The molecule has 0 aromatic carbocycles. The minimum absolute atomic E-state index is 0.562. The molecule has 0 bridgehead atoms. The topological polar surface area (TPSA) is 42.8 Å². The first-order valence-electron chi connectivity index (χ1n) is 6.32. The summed E-state index contributed by atoms with van der Waals surface area (Å²) in [5.74, 6) is 0.773. The SMILES string of the molecule is C=CCN=c1scc(-c2ccco2)n1/N=C\c1cccs1. The van der Waals surface area contributed by atoms with E-state index in [0.29, 0.717) is 6.54 Å². The van der Waals surface area contributed by atoms with Gasteiger partial charge in [-0.2, -0.15) is 5.10 Å². The maximum Gasteiger partial charge on any atom is 0.206 e. The number of thiophene rings is 1. The minimum Gasteiger partial charge on any atom is -0.463 e. The second-order valence-corrected chi connectivity index (χ2v) is 5.90. The summed E-state index contributed by atoms with van der Waals surface area (Å²) in [6, 6.07) is 7.80. The van der Waals surface area contributed by atoms with E-state index in [4.69, 9.17) is 4.42 Å². The normalized spacial score (nSPS) is 12.3. The van der Waals surface area contributed by atoms with Gasteiger partial charge in [-0.1, -0.05) is 12.1 Å². The van der Waals surface area contributed by atoms with Crippen molar-refractivity contribution in [2.75, 3.05) is 6.54 Å². The zero-order chi connectivity index (χ0) is 14.5. The predicted molar refractivity (Wildman–Crippen MR) is 87.9 cm³/mol. The van der Waals surface area contributed by atoms with E-state index in [0.717, 1.165) is 21.1 Å². The molecule has 21 heavy (non-hydrogen) atoms. The molecule has 0 aliphatic carbocycles. The third-order valence-corrected chi connectivity index (χ3v) is 4.32. The van der Waals surface area contributed by atoms with E-state index in [1.165, 1.54) is 11.3 Å². The number of aromatic nitrogens is 1. The summed E-state index contributed by atoms with van der Waals surface area (Å²) in [6.45, 7) is 4.26. The number of thiazole rings is 1. The number of furan rings is 1. The molecule has 0 aliphatic rings. The zero-order valence-electron chi connectivity index (χ0n) is 11.2. The van der Waals surface area contributed by atoms with E-state index in [9.17, 15) is 0 Å². The van der Waals surface area contributed by atoms with Crippen LogP contribution in [0.15, 0.2) is 68.5 Å². The third kappa shape index (κ3) is 3.12. The summed E-state index contributed by atoms with van der Waals surface area (Å²) in [6.07, 6.45) is 5.25. The molecule has 106 valence electrons. The monoisotopic (exact) mass is 315 g/mol. The molecule has 6 heteroatoms. The average molecular weight is 315 g/mol. The molecule has 3 aromatic rings. The van der Waals surface area contributed by atoms with Crippen LogP contribution in [0.4, 0.5) is 0 Å². The van der Waals surface area contributed by atoms with Crippen LogP contribution < -0.4 is 4.80 Å². The van der Waals surface area contributed by atoms with Crippen LogP contribution in [0.25, 0.3) is 11.5 Å². The third-order valence-electron chi connectivity index (χ3n) is 2.66. The van der Waals surface area contributed by atoms with Gasteiger partial charge in [-0.15, -0.1) is 29.3 Å². The highest BCUT2D eigenvalue weighted by molar-refractivity contribution is 7.11. The van der Waals surface area contributed by atoms with Gasteiger partial charge in [0.05, 0.1) is 19.0 Å². The van der Waals surface area contributed by atoms with Gasteiger partial charge in [0.1, 0.15) is 5.69 Å². The van der Waals surface area contributed by atoms with E-state index in [2.05, 4.69) is 16.7 Å². The molecular formula is C15H13N3OS2. The molecule has 0 aliphatic heterocycles. The number of rotatable bonds is 5. The van der Waals surface area contributed by atoms with Crippen molar-refractivity contribution in [1.82, 2.24) is 4.68 Å².